The second-order valence-corrected chi connectivity index (χ2v) is 8.48. The number of rotatable bonds is 8. The molecule has 0 unspecified atom stereocenters. The van der Waals surface area contributed by atoms with Gasteiger partial charge in [-0.2, -0.15) is 0 Å². The third-order valence-corrected chi connectivity index (χ3v) is 3.96. The highest BCUT2D eigenvalue weighted by atomic mass is 16.5. The Hall–Kier alpha value is -2.81. The topological polar surface area (TPSA) is 162 Å². The average Bonchev–Trinajstić information content (AvgIpc) is 2.52. The number of methoxy groups -OCH3 is 1. The summed E-state index contributed by atoms with van der Waals surface area (Å²) in [7, 11) is 1.20. The number of carbonyl (C=O) groups is 4. The molecule has 158 valence electrons. The van der Waals surface area contributed by atoms with E-state index in [0.29, 0.717) is 0 Å². The lowest BCUT2D eigenvalue weighted by molar-refractivity contribution is -0.150. The molecule has 11 heteroatoms. The SMILES string of the molecule is COC(=O)C(C)(C)NC(=O)C(C)(C)NC(=O)C(C)(C)NC(=O)C(C)(C)N=[N+]=[N-]. The fourth-order valence-corrected chi connectivity index (χ4v) is 1.89. The largest absolute Gasteiger partial charge is 0.467 e. The van der Waals surface area contributed by atoms with Crippen LogP contribution in [0.3, 0.4) is 0 Å². The van der Waals surface area contributed by atoms with E-state index in [0.717, 1.165) is 0 Å². The highest BCUT2D eigenvalue weighted by Gasteiger charge is 2.41. The summed E-state index contributed by atoms with van der Waals surface area (Å²) >= 11 is 0. The Balaban J connectivity index is 5.29. The molecule has 0 aliphatic carbocycles. The van der Waals surface area contributed by atoms with E-state index < -0.39 is 45.8 Å². The highest BCUT2D eigenvalue weighted by molar-refractivity contribution is 5.98. The Kier molecular flexibility index (Phi) is 7.62. The lowest BCUT2D eigenvalue weighted by atomic mass is 9.95. The first kappa shape index (κ1) is 25.2. The van der Waals surface area contributed by atoms with Crippen LogP contribution in [0, 0.1) is 0 Å². The first-order valence-corrected chi connectivity index (χ1v) is 8.55. The van der Waals surface area contributed by atoms with E-state index in [4.69, 9.17) is 5.53 Å². The van der Waals surface area contributed by atoms with Crippen molar-refractivity contribution in [2.75, 3.05) is 7.11 Å². The van der Waals surface area contributed by atoms with Gasteiger partial charge in [0.05, 0.1) is 7.11 Å². The molecule has 0 atom stereocenters. The van der Waals surface area contributed by atoms with Crippen LogP contribution in [0.25, 0.3) is 10.4 Å². The van der Waals surface area contributed by atoms with Gasteiger partial charge in [0, 0.05) is 4.91 Å². The van der Waals surface area contributed by atoms with Gasteiger partial charge < -0.3 is 20.7 Å². The lowest BCUT2D eigenvalue weighted by Gasteiger charge is -2.35. The summed E-state index contributed by atoms with van der Waals surface area (Å²) in [4.78, 5) is 51.9. The number of hydrogen-bond acceptors (Lipinski definition) is 6. The normalized spacial score (nSPS) is 12.3. The molecule has 0 rings (SSSR count). The zero-order chi connectivity index (χ0) is 22.6. The first-order chi connectivity index (χ1) is 12.4. The predicted molar refractivity (Wildman–Crippen MR) is 102 cm³/mol. The molecular formula is C17H30N6O5. The molecule has 0 aliphatic rings. The summed E-state index contributed by atoms with van der Waals surface area (Å²) in [6, 6.07) is 0. The van der Waals surface area contributed by atoms with Gasteiger partial charge in [0.2, 0.25) is 17.7 Å². The molecule has 0 spiro atoms. The van der Waals surface area contributed by atoms with Gasteiger partial charge in [-0.3, -0.25) is 14.4 Å². The van der Waals surface area contributed by atoms with Gasteiger partial charge in [0.15, 0.2) is 0 Å². The number of carbonyl (C=O) groups excluding carboxylic acids is 4. The molecule has 3 amide bonds. The van der Waals surface area contributed by atoms with Gasteiger partial charge in [-0.1, -0.05) is 5.11 Å². The van der Waals surface area contributed by atoms with Gasteiger partial charge >= 0.3 is 5.97 Å². The van der Waals surface area contributed by atoms with Crippen molar-refractivity contribution < 1.29 is 23.9 Å². The molecule has 0 saturated heterocycles. The number of esters is 1. The van der Waals surface area contributed by atoms with E-state index in [1.165, 1.54) is 62.5 Å². The Labute approximate surface area is 164 Å². The molecule has 0 aromatic heterocycles. The van der Waals surface area contributed by atoms with Crippen molar-refractivity contribution in [1.82, 2.24) is 16.0 Å². The third kappa shape index (κ3) is 6.41. The quantitative estimate of drug-likeness (QED) is 0.239. The Morgan fingerprint density at radius 2 is 1.11 bits per heavy atom. The van der Waals surface area contributed by atoms with Gasteiger partial charge in [0.1, 0.15) is 22.2 Å². The third-order valence-electron chi connectivity index (χ3n) is 3.96. The Morgan fingerprint density at radius 1 is 0.750 bits per heavy atom. The molecule has 3 N–H and O–H groups in total. The predicted octanol–water partition coefficient (Wildman–Crippen LogP) is 0.933. The molecular weight excluding hydrogens is 368 g/mol. The van der Waals surface area contributed by atoms with Crippen LogP contribution in [0.1, 0.15) is 55.4 Å². The van der Waals surface area contributed by atoms with Crippen molar-refractivity contribution in [3.63, 3.8) is 0 Å². The van der Waals surface area contributed by atoms with Crippen molar-refractivity contribution in [2.45, 2.75) is 77.5 Å². The fourth-order valence-electron chi connectivity index (χ4n) is 1.89. The number of amides is 3. The van der Waals surface area contributed by atoms with Crippen LogP contribution < -0.4 is 16.0 Å². The van der Waals surface area contributed by atoms with Crippen molar-refractivity contribution in [1.29, 1.82) is 0 Å². The zero-order valence-corrected chi connectivity index (χ0v) is 17.9. The molecule has 28 heavy (non-hydrogen) atoms. The van der Waals surface area contributed by atoms with Crippen LogP contribution >= 0.6 is 0 Å². The van der Waals surface area contributed by atoms with E-state index >= 15 is 0 Å². The minimum absolute atomic E-state index is 0.618. The summed E-state index contributed by atoms with van der Waals surface area (Å²) in [5.74, 6) is -2.56. The monoisotopic (exact) mass is 398 g/mol. The summed E-state index contributed by atoms with van der Waals surface area (Å²) < 4.78 is 4.64. The summed E-state index contributed by atoms with van der Waals surface area (Å²) in [6.07, 6.45) is 0. The van der Waals surface area contributed by atoms with Gasteiger partial charge in [-0.15, -0.1) is 0 Å². The smallest absolute Gasteiger partial charge is 0.330 e. The molecule has 0 fully saturated rings. The molecule has 0 bridgehead atoms. The van der Waals surface area contributed by atoms with Crippen molar-refractivity contribution in [2.24, 2.45) is 5.11 Å². The van der Waals surface area contributed by atoms with Crippen LogP contribution in [0.2, 0.25) is 0 Å². The second kappa shape index (κ2) is 8.47. The van der Waals surface area contributed by atoms with Crippen LogP contribution in [-0.2, 0) is 23.9 Å². The van der Waals surface area contributed by atoms with Crippen LogP contribution in [0.15, 0.2) is 5.11 Å². The van der Waals surface area contributed by atoms with E-state index in [2.05, 4.69) is 30.7 Å². The molecule has 0 aliphatic heterocycles. The summed E-state index contributed by atoms with van der Waals surface area (Å²) in [6.45, 7) is 11.5. The van der Waals surface area contributed by atoms with Gasteiger partial charge in [-0.05, 0) is 60.9 Å². The number of azide groups is 1. The Morgan fingerprint density at radius 3 is 1.46 bits per heavy atom. The summed E-state index contributed by atoms with van der Waals surface area (Å²) in [5, 5.41) is 11.0. The maximum Gasteiger partial charge on any atom is 0.330 e. The minimum atomic E-state index is -1.41. The zero-order valence-electron chi connectivity index (χ0n) is 17.9. The average molecular weight is 398 g/mol. The van der Waals surface area contributed by atoms with Crippen LogP contribution in [0.5, 0.6) is 0 Å². The number of nitrogens with one attached hydrogen (secondary N) is 3. The maximum absolute atomic E-state index is 12.7. The van der Waals surface area contributed by atoms with E-state index in [1.54, 1.807) is 0 Å². The number of ether oxygens (including phenoxy) is 1. The molecule has 0 heterocycles. The van der Waals surface area contributed by atoms with E-state index in [1.807, 2.05) is 0 Å². The van der Waals surface area contributed by atoms with E-state index in [-0.39, 0.29) is 0 Å². The maximum atomic E-state index is 12.7. The molecule has 0 saturated carbocycles. The van der Waals surface area contributed by atoms with Crippen molar-refractivity contribution >= 4 is 23.7 Å². The number of nitrogens with zero attached hydrogens (tertiary/aromatic N) is 3. The highest BCUT2D eigenvalue weighted by Crippen LogP contribution is 2.15. The van der Waals surface area contributed by atoms with Gasteiger partial charge in [-0.25, -0.2) is 4.79 Å². The van der Waals surface area contributed by atoms with Crippen molar-refractivity contribution in [3.05, 3.63) is 10.4 Å². The van der Waals surface area contributed by atoms with Crippen LogP contribution in [-0.4, -0.2) is 53.0 Å². The van der Waals surface area contributed by atoms with E-state index in [9.17, 15) is 19.2 Å². The number of hydrogen-bond donors (Lipinski definition) is 3. The minimum Gasteiger partial charge on any atom is -0.467 e. The van der Waals surface area contributed by atoms with Crippen LogP contribution in [0.4, 0.5) is 0 Å². The lowest BCUT2D eigenvalue weighted by Crippen LogP contribution is -2.66. The second-order valence-electron chi connectivity index (χ2n) is 8.48. The molecule has 0 aromatic carbocycles. The fraction of sp³-hybridized carbons (Fsp3) is 0.765. The molecule has 11 nitrogen and oxygen atoms in total. The van der Waals surface area contributed by atoms with Gasteiger partial charge in [0.25, 0.3) is 0 Å². The summed E-state index contributed by atoms with van der Waals surface area (Å²) in [5.41, 5.74) is 3.04. The van der Waals surface area contributed by atoms with Crippen molar-refractivity contribution in [3.8, 4) is 0 Å². The molecule has 0 radical (unpaired) electrons. The standard InChI is InChI=1S/C17H30N6O5/c1-14(2,20-12(26)16(5,6)22-23-18)10(24)19-15(3,4)11(25)21-17(7,8)13(27)28-9/h1-9H3,(H,19,24)(H,20,26)(H,21,25). The Bertz CT molecular complexity index is 705. The first-order valence-electron chi connectivity index (χ1n) is 8.55. The molecule has 0 aromatic rings.